The molecule has 0 radical (unpaired) electrons. The van der Waals surface area contributed by atoms with Gasteiger partial charge in [-0.2, -0.15) is 0 Å². The zero-order valence-corrected chi connectivity index (χ0v) is 13.1. The Labute approximate surface area is 125 Å². The Balaban J connectivity index is 2.28. The molecule has 21 heavy (non-hydrogen) atoms. The van der Waals surface area contributed by atoms with Crippen molar-refractivity contribution >= 4 is 15.7 Å². The zero-order chi connectivity index (χ0) is 15.5. The average molecular weight is 305 g/mol. The van der Waals surface area contributed by atoms with Crippen molar-refractivity contribution in [1.82, 2.24) is 9.71 Å². The first-order chi connectivity index (χ1) is 9.94. The molecule has 1 aromatic carbocycles. The number of benzene rings is 1. The van der Waals surface area contributed by atoms with Crippen molar-refractivity contribution in [3.8, 4) is 0 Å². The van der Waals surface area contributed by atoms with Gasteiger partial charge < -0.3 is 5.32 Å². The van der Waals surface area contributed by atoms with Gasteiger partial charge in [0, 0.05) is 24.1 Å². The number of hydrogen-bond donors (Lipinski definition) is 2. The van der Waals surface area contributed by atoms with E-state index >= 15 is 0 Å². The van der Waals surface area contributed by atoms with Crippen LogP contribution >= 0.6 is 0 Å². The first-order valence-corrected chi connectivity index (χ1v) is 8.13. The van der Waals surface area contributed by atoms with Crippen LogP contribution in [0.1, 0.15) is 24.1 Å². The lowest BCUT2D eigenvalue weighted by Gasteiger charge is -2.17. The Morgan fingerprint density at radius 3 is 2.43 bits per heavy atom. The van der Waals surface area contributed by atoms with Gasteiger partial charge in [-0.05, 0) is 56.3 Å². The number of hydrogen-bond acceptors (Lipinski definition) is 4. The Bertz CT molecular complexity index is 715. The highest BCUT2D eigenvalue weighted by molar-refractivity contribution is 7.89. The average Bonchev–Trinajstić information content (AvgIpc) is 2.50. The Kier molecular flexibility index (Phi) is 4.59. The van der Waals surface area contributed by atoms with E-state index in [9.17, 15) is 8.42 Å². The number of rotatable bonds is 5. The van der Waals surface area contributed by atoms with E-state index in [0.29, 0.717) is 5.56 Å². The molecule has 0 spiro atoms. The predicted molar refractivity (Wildman–Crippen MR) is 83.7 cm³/mol. The zero-order valence-electron chi connectivity index (χ0n) is 12.3. The molecule has 0 amide bonds. The summed E-state index contributed by atoms with van der Waals surface area (Å²) in [5, 5.41) is 3.30. The highest BCUT2D eigenvalue weighted by atomic mass is 32.2. The maximum absolute atomic E-state index is 12.0. The van der Waals surface area contributed by atoms with Crippen molar-refractivity contribution in [3.63, 3.8) is 0 Å². The molecule has 1 heterocycles. The minimum absolute atomic E-state index is 0.0563. The van der Waals surface area contributed by atoms with Gasteiger partial charge in [0.25, 0.3) is 0 Å². The van der Waals surface area contributed by atoms with Gasteiger partial charge in [0.05, 0.1) is 4.90 Å². The minimum atomic E-state index is -3.45. The summed E-state index contributed by atoms with van der Waals surface area (Å²) in [7, 11) is -2.04. The first kappa shape index (κ1) is 15.5. The van der Waals surface area contributed by atoms with E-state index in [0.717, 1.165) is 11.3 Å². The summed E-state index contributed by atoms with van der Waals surface area (Å²) in [6.07, 6.45) is 3.47. The minimum Gasteiger partial charge on any atom is -0.378 e. The highest BCUT2D eigenvalue weighted by Gasteiger charge is 2.15. The van der Waals surface area contributed by atoms with Gasteiger partial charge in [-0.3, -0.25) is 4.98 Å². The van der Waals surface area contributed by atoms with Gasteiger partial charge in [0.2, 0.25) is 10.0 Å². The lowest BCUT2D eigenvalue weighted by molar-refractivity contribution is 0.587. The lowest BCUT2D eigenvalue weighted by atomic mass is 10.1. The monoisotopic (exact) mass is 305 g/mol. The van der Waals surface area contributed by atoms with Gasteiger partial charge in [-0.15, -0.1) is 0 Å². The smallest absolute Gasteiger partial charge is 0.240 e. The van der Waals surface area contributed by atoms with Crippen LogP contribution in [-0.4, -0.2) is 20.4 Å². The molecule has 1 aromatic heterocycles. The van der Waals surface area contributed by atoms with E-state index in [1.807, 2.05) is 25.1 Å². The van der Waals surface area contributed by atoms with E-state index in [-0.39, 0.29) is 10.9 Å². The molecule has 0 aliphatic carbocycles. The second-order valence-corrected chi connectivity index (χ2v) is 6.69. The normalized spacial score (nSPS) is 12.9. The molecule has 0 saturated carbocycles. The third kappa shape index (κ3) is 3.59. The molecule has 0 saturated heterocycles. The van der Waals surface area contributed by atoms with Crippen LogP contribution in [0.4, 0.5) is 5.69 Å². The Hall–Kier alpha value is -1.92. The van der Waals surface area contributed by atoms with Crippen LogP contribution in [0.15, 0.2) is 47.6 Å². The maximum atomic E-state index is 12.0. The summed E-state index contributed by atoms with van der Waals surface area (Å²) >= 11 is 0. The number of nitrogens with one attached hydrogen (secondary N) is 2. The van der Waals surface area contributed by atoms with Crippen molar-refractivity contribution in [2.75, 3.05) is 12.4 Å². The SMILES string of the molecule is CNS(=O)(=O)c1cc(NC(C)c2ccncc2)ccc1C. The molecule has 0 aliphatic heterocycles. The fourth-order valence-electron chi connectivity index (χ4n) is 2.07. The molecule has 1 unspecified atom stereocenters. The van der Waals surface area contributed by atoms with Crippen LogP contribution < -0.4 is 10.0 Å². The van der Waals surface area contributed by atoms with Crippen LogP contribution in [0.25, 0.3) is 0 Å². The first-order valence-electron chi connectivity index (χ1n) is 6.64. The molecule has 1 atom stereocenters. The third-order valence-corrected chi connectivity index (χ3v) is 4.89. The van der Waals surface area contributed by atoms with E-state index in [1.54, 1.807) is 31.5 Å². The van der Waals surface area contributed by atoms with E-state index in [2.05, 4.69) is 15.0 Å². The standard InChI is InChI=1S/C15H19N3O2S/c1-11-4-5-14(10-15(11)21(19,20)16-3)18-12(2)13-6-8-17-9-7-13/h4-10,12,16,18H,1-3H3. The summed E-state index contributed by atoms with van der Waals surface area (Å²) in [5.74, 6) is 0. The molecular weight excluding hydrogens is 286 g/mol. The quantitative estimate of drug-likeness (QED) is 0.890. The van der Waals surface area contributed by atoms with E-state index in [4.69, 9.17) is 0 Å². The molecule has 2 rings (SSSR count). The molecule has 112 valence electrons. The molecular formula is C15H19N3O2S. The van der Waals surface area contributed by atoms with Crippen molar-refractivity contribution in [2.45, 2.75) is 24.8 Å². The second kappa shape index (κ2) is 6.24. The molecule has 0 aliphatic rings. The topological polar surface area (TPSA) is 71.1 Å². The van der Waals surface area contributed by atoms with Gasteiger partial charge in [-0.1, -0.05) is 6.07 Å². The molecule has 2 N–H and O–H groups in total. The summed E-state index contributed by atoms with van der Waals surface area (Å²) in [4.78, 5) is 4.28. The van der Waals surface area contributed by atoms with E-state index < -0.39 is 10.0 Å². The van der Waals surface area contributed by atoms with Crippen LogP contribution in [-0.2, 0) is 10.0 Å². The van der Waals surface area contributed by atoms with Crippen LogP contribution in [0.3, 0.4) is 0 Å². The molecule has 5 nitrogen and oxygen atoms in total. The van der Waals surface area contributed by atoms with Crippen molar-refractivity contribution in [2.24, 2.45) is 0 Å². The van der Waals surface area contributed by atoms with Gasteiger partial charge >= 0.3 is 0 Å². The fourth-order valence-corrected chi connectivity index (χ4v) is 3.07. The number of aryl methyl sites for hydroxylation is 1. The van der Waals surface area contributed by atoms with Gasteiger partial charge in [-0.25, -0.2) is 13.1 Å². The highest BCUT2D eigenvalue weighted by Crippen LogP contribution is 2.23. The largest absolute Gasteiger partial charge is 0.378 e. The van der Waals surface area contributed by atoms with Crippen LogP contribution in [0.2, 0.25) is 0 Å². The van der Waals surface area contributed by atoms with Crippen LogP contribution in [0, 0.1) is 6.92 Å². The van der Waals surface area contributed by atoms with E-state index in [1.165, 1.54) is 7.05 Å². The summed E-state index contributed by atoms with van der Waals surface area (Å²) in [6, 6.07) is 9.24. The molecule has 0 bridgehead atoms. The Morgan fingerprint density at radius 2 is 1.81 bits per heavy atom. The molecule has 0 fully saturated rings. The van der Waals surface area contributed by atoms with Gasteiger partial charge in [0.1, 0.15) is 0 Å². The van der Waals surface area contributed by atoms with Crippen molar-refractivity contribution < 1.29 is 8.42 Å². The number of anilines is 1. The maximum Gasteiger partial charge on any atom is 0.240 e. The van der Waals surface area contributed by atoms with Crippen molar-refractivity contribution in [1.29, 1.82) is 0 Å². The summed E-state index contributed by atoms with van der Waals surface area (Å²) in [5.41, 5.74) is 2.56. The van der Waals surface area contributed by atoms with Crippen LogP contribution in [0.5, 0.6) is 0 Å². The number of pyridine rings is 1. The number of aromatic nitrogens is 1. The summed E-state index contributed by atoms with van der Waals surface area (Å²) in [6.45, 7) is 3.79. The lowest BCUT2D eigenvalue weighted by Crippen LogP contribution is -2.20. The van der Waals surface area contributed by atoms with Gasteiger partial charge in [0.15, 0.2) is 0 Å². The number of sulfonamides is 1. The fraction of sp³-hybridized carbons (Fsp3) is 0.267. The van der Waals surface area contributed by atoms with Crippen molar-refractivity contribution in [3.05, 3.63) is 53.9 Å². The number of nitrogens with zero attached hydrogens (tertiary/aromatic N) is 1. The molecule has 6 heteroatoms. The second-order valence-electron chi connectivity index (χ2n) is 4.83. The molecule has 2 aromatic rings. The predicted octanol–water partition coefficient (Wildman–Crippen LogP) is 2.47. The Morgan fingerprint density at radius 1 is 1.14 bits per heavy atom. The summed E-state index contributed by atoms with van der Waals surface area (Å²) < 4.78 is 26.3. The third-order valence-electron chi connectivity index (χ3n) is 3.34.